The van der Waals surface area contributed by atoms with Crippen LogP contribution in [0.1, 0.15) is 111 Å². The Labute approximate surface area is 437 Å². The summed E-state index contributed by atoms with van der Waals surface area (Å²) in [6.07, 6.45) is 14.6. The molecule has 5 aromatic rings. The first-order valence-corrected chi connectivity index (χ1v) is 23.9. The number of amides is 1. The average Bonchev–Trinajstić information content (AvgIpc) is 4.03. The van der Waals surface area contributed by atoms with Crippen LogP contribution in [0.25, 0.3) is 22.6 Å². The zero-order valence-corrected chi connectivity index (χ0v) is 43.5. The quantitative estimate of drug-likeness (QED) is 0.0551. The van der Waals surface area contributed by atoms with E-state index in [0.29, 0.717) is 33.8 Å². The molecular weight excluding hydrogens is 893 g/mol. The van der Waals surface area contributed by atoms with Crippen molar-refractivity contribution in [3.8, 4) is 0 Å². The Bertz CT molecular complexity index is 2680. The third-order valence-electron chi connectivity index (χ3n) is 12.2. The second kappa shape index (κ2) is 23.9. The van der Waals surface area contributed by atoms with Crippen molar-refractivity contribution in [3.63, 3.8) is 0 Å². The van der Waals surface area contributed by atoms with Gasteiger partial charge in [-0.2, -0.15) is 0 Å². The van der Waals surface area contributed by atoms with Gasteiger partial charge < -0.3 is 24.7 Å². The van der Waals surface area contributed by atoms with Crippen LogP contribution in [0.2, 0.25) is 0 Å². The number of unbranched alkanes of at least 4 members (excludes halogenated alkanes) is 7. The van der Waals surface area contributed by atoms with Crippen LogP contribution in [-0.4, -0.2) is 44.2 Å². The van der Waals surface area contributed by atoms with E-state index < -0.39 is 24.0 Å². The van der Waals surface area contributed by atoms with E-state index in [-0.39, 0.29) is 81.0 Å². The van der Waals surface area contributed by atoms with Gasteiger partial charge in [0.15, 0.2) is 0 Å². The predicted octanol–water partition coefficient (Wildman–Crippen LogP) is 1.10. The fourth-order valence-electron chi connectivity index (χ4n) is 9.20. The van der Waals surface area contributed by atoms with Crippen LogP contribution in [0.5, 0.6) is 0 Å². The number of anilines is 2. The molecule has 2 fully saturated rings. The SMILES string of the molecule is O=C([O-])CCCCCCCCCCN1C(=O)/C(=c2\s/c(=C\c3ccc4c(c3)C3CCCC3N4c3ccc(C=C(c4ccccc4)c4ccccc4)cc3)c(=O)n2CC(=O)[O-])SC1=S.[Na+].[Na+]. The van der Waals surface area contributed by atoms with Gasteiger partial charge in [-0.15, -0.1) is 11.3 Å². The molecule has 8 rings (SSSR count). The monoisotopic (exact) mass is 941 g/mol. The second-order valence-corrected chi connectivity index (χ2v) is 19.1. The van der Waals surface area contributed by atoms with E-state index >= 15 is 0 Å². The number of thiocarbonyl (C=S) groups is 1. The second-order valence-electron chi connectivity index (χ2n) is 16.5. The van der Waals surface area contributed by atoms with Gasteiger partial charge in [0.2, 0.25) is 0 Å². The summed E-state index contributed by atoms with van der Waals surface area (Å²) >= 11 is 7.83. The molecule has 324 valence electrons. The minimum Gasteiger partial charge on any atom is -0.550 e. The molecule has 9 nitrogen and oxygen atoms in total. The molecule has 0 spiro atoms. The Morgan fingerprint density at radius 3 is 1.98 bits per heavy atom. The Morgan fingerprint density at radius 1 is 0.738 bits per heavy atom. The number of aromatic nitrogens is 1. The maximum Gasteiger partial charge on any atom is 1.00 e. The minimum absolute atomic E-state index is 0. The normalized spacial score (nSPS) is 17.4. The fourth-order valence-corrected chi connectivity index (χ4v) is 11.8. The summed E-state index contributed by atoms with van der Waals surface area (Å²) in [5.41, 5.74) is 8.48. The summed E-state index contributed by atoms with van der Waals surface area (Å²) in [6, 6.07) is 36.3. The van der Waals surface area contributed by atoms with E-state index in [4.69, 9.17) is 12.2 Å². The number of carboxylic acids is 2. The van der Waals surface area contributed by atoms with E-state index in [0.717, 1.165) is 131 Å². The van der Waals surface area contributed by atoms with Crippen LogP contribution in [0.4, 0.5) is 11.4 Å². The van der Waals surface area contributed by atoms with Crippen molar-refractivity contribution >= 4 is 91.5 Å². The molecule has 4 aromatic carbocycles. The van der Waals surface area contributed by atoms with Gasteiger partial charge in [-0.05, 0) is 102 Å². The first kappa shape index (κ1) is 50.8. The number of aliphatic carboxylic acids is 2. The number of benzene rings is 4. The molecule has 2 atom stereocenters. The van der Waals surface area contributed by atoms with Crippen LogP contribution < -0.4 is 89.0 Å². The molecule has 2 aliphatic heterocycles. The van der Waals surface area contributed by atoms with Crippen molar-refractivity contribution in [2.45, 2.75) is 95.6 Å². The summed E-state index contributed by atoms with van der Waals surface area (Å²) in [5, 5.41) is 22.5. The van der Waals surface area contributed by atoms with Crippen LogP contribution in [0, 0.1) is 0 Å². The smallest absolute Gasteiger partial charge is 0.550 e. The van der Waals surface area contributed by atoms with Crippen molar-refractivity contribution in [3.05, 3.63) is 150 Å². The molecular formula is C51H49N3Na2O6S3. The summed E-state index contributed by atoms with van der Waals surface area (Å²) in [4.78, 5) is 54.4. The molecule has 14 heteroatoms. The van der Waals surface area contributed by atoms with Gasteiger partial charge in [-0.1, -0.05) is 148 Å². The maximum absolute atomic E-state index is 13.9. The predicted molar refractivity (Wildman–Crippen MR) is 254 cm³/mol. The zero-order chi connectivity index (χ0) is 43.9. The molecule has 2 unspecified atom stereocenters. The first-order valence-electron chi connectivity index (χ1n) is 21.9. The molecule has 0 bridgehead atoms. The van der Waals surface area contributed by atoms with Gasteiger partial charge in [0.05, 0.1) is 17.0 Å². The molecule has 1 aliphatic carbocycles. The molecule has 1 aromatic heterocycles. The third kappa shape index (κ3) is 12.1. The number of rotatable bonds is 18. The van der Waals surface area contributed by atoms with Gasteiger partial charge in [0.1, 0.15) is 13.9 Å². The maximum atomic E-state index is 13.9. The van der Waals surface area contributed by atoms with Crippen molar-refractivity contribution in [1.82, 2.24) is 9.47 Å². The summed E-state index contributed by atoms with van der Waals surface area (Å²) in [7, 11) is 0. The number of carbonyl (C=O) groups excluding carboxylic acids is 3. The van der Waals surface area contributed by atoms with Gasteiger partial charge in [0, 0.05) is 35.8 Å². The van der Waals surface area contributed by atoms with E-state index in [1.54, 1.807) is 11.0 Å². The van der Waals surface area contributed by atoms with Crippen molar-refractivity contribution in [2.75, 3.05) is 11.4 Å². The number of thiazole rings is 1. The minimum atomic E-state index is -1.42. The Kier molecular flexibility index (Phi) is 18.7. The summed E-state index contributed by atoms with van der Waals surface area (Å²) < 4.78 is 2.13. The van der Waals surface area contributed by atoms with Crippen LogP contribution in [0.15, 0.2) is 108 Å². The molecule has 1 saturated heterocycles. The molecule has 65 heavy (non-hydrogen) atoms. The van der Waals surface area contributed by atoms with Crippen molar-refractivity contribution < 1.29 is 83.7 Å². The number of fused-ring (bicyclic) bond motifs is 3. The number of nitrogens with zero attached hydrogens (tertiary/aromatic N) is 3. The molecule has 0 radical (unpaired) electrons. The van der Waals surface area contributed by atoms with Crippen molar-refractivity contribution in [1.29, 1.82) is 0 Å². The number of carboxylic acid groups (broad SMARTS) is 2. The van der Waals surface area contributed by atoms with Gasteiger partial charge >= 0.3 is 59.1 Å². The number of thioether (sulfide) groups is 1. The Balaban J connectivity index is 0.00000350. The molecule has 0 N–H and O–H groups in total. The summed E-state index contributed by atoms with van der Waals surface area (Å²) in [5.74, 6) is -2.40. The number of hydrogen-bond donors (Lipinski definition) is 0. The van der Waals surface area contributed by atoms with E-state index in [1.807, 2.05) is 18.2 Å². The molecule has 1 amide bonds. The van der Waals surface area contributed by atoms with E-state index in [2.05, 4.69) is 95.9 Å². The van der Waals surface area contributed by atoms with Gasteiger partial charge in [0.25, 0.3) is 11.5 Å². The average molecular weight is 942 g/mol. The Hall–Kier alpha value is -3.56. The van der Waals surface area contributed by atoms with Crippen LogP contribution in [-0.2, 0) is 20.9 Å². The van der Waals surface area contributed by atoms with Crippen LogP contribution >= 0.6 is 35.3 Å². The zero-order valence-electron chi connectivity index (χ0n) is 37.0. The van der Waals surface area contributed by atoms with E-state index in [1.165, 1.54) is 5.56 Å². The van der Waals surface area contributed by atoms with E-state index in [9.17, 15) is 29.4 Å². The molecule has 1 saturated carbocycles. The fraction of sp³-hybridized carbons (Fsp3) is 0.314. The molecule has 3 heterocycles. The molecule has 3 aliphatic rings. The third-order valence-corrected chi connectivity index (χ3v) is 14.9. The largest absolute Gasteiger partial charge is 1.00 e. The standard InChI is InChI=1S/C51H51N3O6S3.2Na/c55-45(56)22-13-5-3-1-2-4-6-14-29-52-49(60)47(63-51(52)61)50-53(33-46(57)58)48(59)44(62-50)32-35-25-28-43-41(31-35)39-20-15-21-42(39)54(43)38-26-23-34(24-27-38)30-40(36-16-9-7-10-17-36)37-18-11-8-12-19-37;;/h7-12,16-19,23-28,30-32,39,42H,1-6,13-15,20-22,29,33H2,(H,55,56)(H,57,58);;/q;2*+1/p-2/b44-32-,50-47+;;. The topological polar surface area (TPSA) is 126 Å². The van der Waals surface area contributed by atoms with Crippen LogP contribution in [0.3, 0.4) is 0 Å². The van der Waals surface area contributed by atoms with Gasteiger partial charge in [-0.3, -0.25) is 19.1 Å². The van der Waals surface area contributed by atoms with Crippen molar-refractivity contribution in [2.24, 2.45) is 0 Å². The Morgan fingerprint density at radius 2 is 1.35 bits per heavy atom. The first-order chi connectivity index (χ1) is 30.7. The van der Waals surface area contributed by atoms with Gasteiger partial charge in [-0.25, -0.2) is 0 Å². The number of carbonyl (C=O) groups is 3. The summed E-state index contributed by atoms with van der Waals surface area (Å²) in [6.45, 7) is -0.235. The number of hydrogen-bond acceptors (Lipinski definition) is 10.